The van der Waals surface area contributed by atoms with Gasteiger partial charge in [0.25, 0.3) is 0 Å². The number of primary amides is 1. The van der Waals surface area contributed by atoms with Crippen molar-refractivity contribution in [3.8, 4) is 11.1 Å². The van der Waals surface area contributed by atoms with Crippen LogP contribution in [0.1, 0.15) is 16.1 Å². The van der Waals surface area contributed by atoms with Crippen LogP contribution >= 0.6 is 0 Å². The maximum absolute atomic E-state index is 13.1. The smallest absolute Gasteiger partial charge is 0.368 e. The summed E-state index contributed by atoms with van der Waals surface area (Å²) in [6, 6.07) is 13.6. The van der Waals surface area contributed by atoms with Crippen LogP contribution in [0.2, 0.25) is 0 Å². The van der Waals surface area contributed by atoms with Crippen LogP contribution in [-0.4, -0.2) is 54.8 Å². The molecule has 0 atom stereocenters. The molecule has 184 valence electrons. The van der Waals surface area contributed by atoms with Crippen LogP contribution in [0.15, 0.2) is 59.5 Å². The number of carbonyl (C=O) groups excluding carboxylic acids is 1. The zero-order valence-corrected chi connectivity index (χ0v) is 19.1. The topological polar surface area (TPSA) is 136 Å². The van der Waals surface area contributed by atoms with Crippen molar-refractivity contribution in [3.05, 3.63) is 65.9 Å². The molecule has 3 aromatic rings. The molecule has 2 aromatic carbocycles. The van der Waals surface area contributed by atoms with E-state index in [9.17, 15) is 26.4 Å². The number of hydrogen-bond donors (Lipinski definition) is 2. The number of nitrogens with zero attached hydrogens (tertiary/aromatic N) is 4. The van der Waals surface area contributed by atoms with Gasteiger partial charge in [0.05, 0.1) is 4.90 Å². The summed E-state index contributed by atoms with van der Waals surface area (Å²) in [5.41, 5.74) is 11.2. The maximum atomic E-state index is 13.1. The van der Waals surface area contributed by atoms with E-state index >= 15 is 0 Å². The molecule has 13 heteroatoms. The van der Waals surface area contributed by atoms with E-state index in [4.69, 9.17) is 11.5 Å². The first-order chi connectivity index (χ1) is 16.5. The van der Waals surface area contributed by atoms with E-state index in [0.717, 1.165) is 6.07 Å². The Bertz CT molecular complexity index is 1360. The number of rotatable bonds is 5. The van der Waals surface area contributed by atoms with Crippen LogP contribution in [0.3, 0.4) is 0 Å². The van der Waals surface area contributed by atoms with Crippen molar-refractivity contribution in [2.75, 3.05) is 36.8 Å². The number of carbonyl (C=O) groups is 1. The molecule has 1 fully saturated rings. The summed E-state index contributed by atoms with van der Waals surface area (Å²) in [6.07, 6.45) is -4.68. The normalized spacial score (nSPS) is 15.2. The number of alkyl halides is 3. The van der Waals surface area contributed by atoms with Gasteiger partial charge in [0.2, 0.25) is 21.9 Å². The fourth-order valence-corrected chi connectivity index (χ4v) is 5.24. The Hall–Kier alpha value is -3.71. The first-order valence-electron chi connectivity index (χ1n) is 10.4. The van der Waals surface area contributed by atoms with Crippen LogP contribution < -0.4 is 16.4 Å². The SMILES string of the molecule is NC(=O)c1ccccc1-c1ccc(S(=O)(=O)N2CCN(c3cc(C(F)(F)F)nc(N)n3)CC2)cc1. The Morgan fingerprint density at radius 1 is 0.943 bits per heavy atom. The fraction of sp³-hybridized carbons (Fsp3) is 0.227. The molecular weight excluding hydrogens is 485 g/mol. The highest BCUT2D eigenvalue weighted by Gasteiger charge is 2.35. The highest BCUT2D eigenvalue weighted by atomic mass is 32.2. The molecule has 0 spiro atoms. The summed E-state index contributed by atoms with van der Waals surface area (Å²) < 4.78 is 66.7. The Labute approximate surface area is 199 Å². The van der Waals surface area contributed by atoms with Crippen molar-refractivity contribution in [2.24, 2.45) is 5.73 Å². The number of aromatic nitrogens is 2. The van der Waals surface area contributed by atoms with Gasteiger partial charge in [-0.2, -0.15) is 22.5 Å². The second-order valence-electron chi connectivity index (χ2n) is 7.79. The molecule has 1 amide bonds. The van der Waals surface area contributed by atoms with E-state index in [1.807, 2.05) is 0 Å². The van der Waals surface area contributed by atoms with Crippen LogP contribution in [0.25, 0.3) is 11.1 Å². The van der Waals surface area contributed by atoms with E-state index in [1.165, 1.54) is 21.3 Å². The van der Waals surface area contributed by atoms with Gasteiger partial charge >= 0.3 is 6.18 Å². The zero-order chi connectivity index (χ0) is 25.4. The molecule has 1 aliphatic rings. The summed E-state index contributed by atoms with van der Waals surface area (Å²) >= 11 is 0. The number of piperazine rings is 1. The van der Waals surface area contributed by atoms with Crippen molar-refractivity contribution in [1.29, 1.82) is 0 Å². The monoisotopic (exact) mass is 506 g/mol. The highest BCUT2D eigenvalue weighted by Crippen LogP contribution is 2.31. The lowest BCUT2D eigenvalue weighted by Crippen LogP contribution is -2.49. The molecule has 1 saturated heterocycles. The van der Waals surface area contributed by atoms with Gasteiger partial charge in [-0.25, -0.2) is 13.4 Å². The minimum Gasteiger partial charge on any atom is -0.368 e. The summed E-state index contributed by atoms with van der Waals surface area (Å²) in [5, 5.41) is 0. The zero-order valence-electron chi connectivity index (χ0n) is 18.2. The third-order valence-corrected chi connectivity index (χ3v) is 7.49. The molecule has 0 unspecified atom stereocenters. The van der Waals surface area contributed by atoms with Gasteiger partial charge in [0.1, 0.15) is 5.82 Å². The lowest BCUT2D eigenvalue weighted by molar-refractivity contribution is -0.141. The summed E-state index contributed by atoms with van der Waals surface area (Å²) in [6.45, 7) is 0.327. The minimum absolute atomic E-state index is 0.0145. The number of nitrogens with two attached hydrogens (primary N) is 2. The molecule has 35 heavy (non-hydrogen) atoms. The van der Waals surface area contributed by atoms with E-state index in [0.29, 0.717) is 16.7 Å². The first-order valence-corrected chi connectivity index (χ1v) is 11.9. The van der Waals surface area contributed by atoms with Crippen molar-refractivity contribution in [1.82, 2.24) is 14.3 Å². The van der Waals surface area contributed by atoms with Gasteiger partial charge in [-0.3, -0.25) is 4.79 Å². The number of hydrogen-bond acceptors (Lipinski definition) is 7. The largest absolute Gasteiger partial charge is 0.433 e. The highest BCUT2D eigenvalue weighted by molar-refractivity contribution is 7.89. The number of benzene rings is 2. The second-order valence-corrected chi connectivity index (χ2v) is 9.73. The van der Waals surface area contributed by atoms with Crippen LogP contribution in [0.4, 0.5) is 24.9 Å². The van der Waals surface area contributed by atoms with E-state index in [-0.39, 0.29) is 36.9 Å². The van der Waals surface area contributed by atoms with Crippen molar-refractivity contribution in [2.45, 2.75) is 11.1 Å². The maximum Gasteiger partial charge on any atom is 0.433 e. The first kappa shape index (κ1) is 24.4. The summed E-state index contributed by atoms with van der Waals surface area (Å²) in [5.74, 6) is -1.12. The van der Waals surface area contributed by atoms with Gasteiger partial charge in [-0.1, -0.05) is 30.3 Å². The fourth-order valence-electron chi connectivity index (χ4n) is 3.82. The Morgan fingerprint density at radius 2 is 1.57 bits per heavy atom. The predicted molar refractivity (Wildman–Crippen MR) is 123 cm³/mol. The van der Waals surface area contributed by atoms with Gasteiger partial charge in [0.15, 0.2) is 5.69 Å². The lowest BCUT2D eigenvalue weighted by atomic mass is 9.99. The standard InChI is InChI=1S/C22H21F3N6O3S/c23-22(24,25)18-13-19(29-21(27)28-18)30-9-11-31(12-10-30)35(33,34)15-7-5-14(6-8-15)16-3-1-2-4-17(16)20(26)32/h1-8,13H,9-12H2,(H2,26,32)(H2,27,28,29). The van der Waals surface area contributed by atoms with Gasteiger partial charge in [-0.15, -0.1) is 0 Å². The molecule has 2 heterocycles. The van der Waals surface area contributed by atoms with Crippen LogP contribution in [0, 0.1) is 0 Å². The van der Waals surface area contributed by atoms with Crippen LogP contribution in [0.5, 0.6) is 0 Å². The molecule has 1 aliphatic heterocycles. The second kappa shape index (κ2) is 9.15. The molecule has 1 aromatic heterocycles. The average molecular weight is 507 g/mol. The molecule has 9 nitrogen and oxygen atoms in total. The number of sulfonamides is 1. The van der Waals surface area contributed by atoms with Crippen molar-refractivity contribution >= 4 is 27.7 Å². The lowest BCUT2D eigenvalue weighted by Gasteiger charge is -2.34. The number of amides is 1. The number of anilines is 2. The molecule has 0 bridgehead atoms. The third kappa shape index (κ3) is 5.05. The van der Waals surface area contributed by atoms with Gasteiger partial charge in [-0.05, 0) is 29.3 Å². The van der Waals surface area contributed by atoms with Crippen molar-refractivity contribution < 1.29 is 26.4 Å². The number of halogens is 3. The molecule has 0 aliphatic carbocycles. The molecule has 4 rings (SSSR count). The summed E-state index contributed by atoms with van der Waals surface area (Å²) in [7, 11) is -3.86. The van der Waals surface area contributed by atoms with Gasteiger partial charge in [0, 0.05) is 37.8 Å². The molecular formula is C22H21F3N6O3S. The molecule has 0 saturated carbocycles. The average Bonchev–Trinajstić information content (AvgIpc) is 2.83. The van der Waals surface area contributed by atoms with Crippen LogP contribution in [-0.2, 0) is 16.2 Å². The van der Waals surface area contributed by atoms with Gasteiger partial charge < -0.3 is 16.4 Å². The summed E-state index contributed by atoms with van der Waals surface area (Å²) in [4.78, 5) is 20.4. The Morgan fingerprint density at radius 3 is 2.17 bits per heavy atom. The minimum atomic E-state index is -4.68. The Balaban J connectivity index is 1.50. The van der Waals surface area contributed by atoms with Crippen molar-refractivity contribution in [3.63, 3.8) is 0 Å². The number of nitrogen functional groups attached to an aromatic ring is 1. The quantitative estimate of drug-likeness (QED) is 0.542. The molecule has 4 N–H and O–H groups in total. The molecule has 0 radical (unpaired) electrons. The van der Waals surface area contributed by atoms with E-state index in [1.54, 1.807) is 36.4 Å². The third-order valence-electron chi connectivity index (χ3n) is 5.58. The van der Waals surface area contributed by atoms with E-state index in [2.05, 4.69) is 9.97 Å². The predicted octanol–water partition coefficient (Wildman–Crippen LogP) is 2.35. The Kier molecular flexibility index (Phi) is 6.38. The van der Waals surface area contributed by atoms with E-state index < -0.39 is 33.7 Å².